The second-order valence-electron chi connectivity index (χ2n) is 5.95. The lowest BCUT2D eigenvalue weighted by molar-refractivity contribution is -0.147. The Labute approximate surface area is 181 Å². The van der Waals surface area contributed by atoms with Gasteiger partial charge in [0.25, 0.3) is 5.91 Å². The quantitative estimate of drug-likeness (QED) is 0.280. The molecule has 1 N–H and O–H groups in total. The molecule has 29 heavy (non-hydrogen) atoms. The number of thiazole rings is 1. The largest absolute Gasteiger partial charge is 0.495 e. The zero-order valence-corrected chi connectivity index (χ0v) is 18.0. The molecule has 0 saturated heterocycles. The highest BCUT2D eigenvalue weighted by atomic mass is 35.5. The lowest BCUT2D eigenvalue weighted by Gasteiger charge is -2.10. The smallest absolute Gasteiger partial charge is 0.306 e. The van der Waals surface area contributed by atoms with E-state index >= 15 is 0 Å². The minimum atomic E-state index is -0.456. The predicted molar refractivity (Wildman–Crippen MR) is 117 cm³/mol. The summed E-state index contributed by atoms with van der Waals surface area (Å²) in [4.78, 5) is 28.4. The molecule has 2 aromatic carbocycles. The molecule has 1 aromatic heterocycles. The van der Waals surface area contributed by atoms with E-state index < -0.39 is 11.9 Å². The summed E-state index contributed by atoms with van der Waals surface area (Å²) in [5.74, 6) is 0.354. The number of amides is 1. The highest BCUT2D eigenvalue weighted by molar-refractivity contribution is 8.01. The number of rotatable bonds is 9. The fraction of sp³-hybridized carbons (Fsp3) is 0.250. The van der Waals surface area contributed by atoms with Gasteiger partial charge in [0.15, 0.2) is 10.9 Å². The van der Waals surface area contributed by atoms with Gasteiger partial charge in [-0.25, -0.2) is 4.98 Å². The zero-order valence-electron chi connectivity index (χ0n) is 15.6. The fourth-order valence-electron chi connectivity index (χ4n) is 2.47. The first-order chi connectivity index (χ1) is 14.0. The van der Waals surface area contributed by atoms with Crippen molar-refractivity contribution in [2.24, 2.45) is 0 Å². The Balaban J connectivity index is 1.36. The molecule has 0 atom stereocenters. The maximum absolute atomic E-state index is 12.0. The maximum Gasteiger partial charge on any atom is 0.306 e. The van der Waals surface area contributed by atoms with Crippen LogP contribution in [0.4, 0.5) is 5.69 Å². The predicted octanol–water partition coefficient (Wildman–Crippen LogP) is 5.01. The first-order valence-electron chi connectivity index (χ1n) is 8.82. The molecule has 0 aliphatic heterocycles. The van der Waals surface area contributed by atoms with Crippen LogP contribution in [0.5, 0.6) is 5.75 Å². The monoisotopic (exact) mass is 450 g/mol. The fourth-order valence-corrected chi connectivity index (χ4v) is 4.72. The van der Waals surface area contributed by atoms with Crippen LogP contribution in [0, 0.1) is 0 Å². The average molecular weight is 451 g/mol. The Morgan fingerprint density at radius 1 is 1.24 bits per heavy atom. The van der Waals surface area contributed by atoms with E-state index in [-0.39, 0.29) is 13.0 Å². The van der Waals surface area contributed by atoms with Crippen molar-refractivity contribution in [3.05, 3.63) is 47.5 Å². The third-order valence-electron chi connectivity index (χ3n) is 3.82. The van der Waals surface area contributed by atoms with Gasteiger partial charge < -0.3 is 14.8 Å². The number of anilines is 1. The summed E-state index contributed by atoms with van der Waals surface area (Å²) in [7, 11) is 1.49. The van der Waals surface area contributed by atoms with Crippen LogP contribution >= 0.6 is 34.7 Å². The van der Waals surface area contributed by atoms with E-state index in [1.165, 1.54) is 7.11 Å². The molecule has 6 nitrogen and oxygen atoms in total. The Bertz CT molecular complexity index is 976. The second kappa shape index (κ2) is 10.5. The van der Waals surface area contributed by atoms with Crippen LogP contribution in [-0.4, -0.2) is 36.3 Å². The van der Waals surface area contributed by atoms with Gasteiger partial charge in [0.05, 0.1) is 23.0 Å². The van der Waals surface area contributed by atoms with E-state index in [9.17, 15) is 9.59 Å². The number of carbonyl (C=O) groups is 2. The normalized spacial score (nSPS) is 10.7. The van der Waals surface area contributed by atoms with Crippen molar-refractivity contribution in [1.29, 1.82) is 0 Å². The van der Waals surface area contributed by atoms with Crippen LogP contribution in [0.3, 0.4) is 0 Å². The Kier molecular flexibility index (Phi) is 7.74. The third-order valence-corrected chi connectivity index (χ3v) is 6.33. The molecule has 1 heterocycles. The summed E-state index contributed by atoms with van der Waals surface area (Å²) in [5, 5.41) is 3.08. The third kappa shape index (κ3) is 6.35. The number of hydrogen-bond acceptors (Lipinski definition) is 7. The number of hydrogen-bond donors (Lipinski definition) is 1. The number of methoxy groups -OCH3 is 1. The number of thioether (sulfide) groups is 1. The van der Waals surface area contributed by atoms with Crippen molar-refractivity contribution in [2.45, 2.75) is 17.2 Å². The van der Waals surface area contributed by atoms with Crippen LogP contribution in [0.1, 0.15) is 12.8 Å². The average Bonchev–Trinajstić information content (AvgIpc) is 3.13. The van der Waals surface area contributed by atoms with Gasteiger partial charge >= 0.3 is 5.97 Å². The van der Waals surface area contributed by atoms with E-state index in [1.54, 1.807) is 41.3 Å². The molecule has 0 aliphatic carbocycles. The van der Waals surface area contributed by atoms with Gasteiger partial charge in [0.1, 0.15) is 5.75 Å². The molecule has 0 unspecified atom stereocenters. The number of esters is 1. The van der Waals surface area contributed by atoms with Gasteiger partial charge in [-0.2, -0.15) is 0 Å². The SMILES string of the molecule is COc1ccc(Cl)cc1NC(=O)COC(=O)CCCSc1nc2ccccc2s1. The molecule has 3 aromatic rings. The van der Waals surface area contributed by atoms with Crippen LogP contribution < -0.4 is 10.1 Å². The van der Waals surface area contributed by atoms with Crippen molar-refractivity contribution in [1.82, 2.24) is 4.98 Å². The summed E-state index contributed by atoms with van der Waals surface area (Å²) in [6, 6.07) is 12.8. The molecule has 9 heteroatoms. The standard InChI is InChI=1S/C20H19ClN2O4S2/c1-26-16-9-8-13(21)11-15(16)22-18(24)12-27-19(25)7-4-10-28-20-23-14-5-2-3-6-17(14)29-20/h2-3,5-6,8-9,11H,4,7,10,12H2,1H3,(H,22,24). The second-order valence-corrected chi connectivity index (χ2v) is 8.76. The number of carbonyl (C=O) groups excluding carboxylic acids is 2. The van der Waals surface area contributed by atoms with E-state index in [0.717, 1.165) is 20.3 Å². The van der Waals surface area contributed by atoms with Gasteiger partial charge in [-0.05, 0) is 36.8 Å². The molecule has 0 saturated carbocycles. The van der Waals surface area contributed by atoms with E-state index in [2.05, 4.69) is 10.3 Å². The summed E-state index contributed by atoms with van der Waals surface area (Å²) >= 11 is 9.18. The van der Waals surface area contributed by atoms with Gasteiger partial charge in [-0.1, -0.05) is 35.5 Å². The molecular formula is C20H19ClN2O4S2. The topological polar surface area (TPSA) is 77.5 Å². The maximum atomic E-state index is 12.0. The Morgan fingerprint density at radius 3 is 2.86 bits per heavy atom. The van der Waals surface area contributed by atoms with Crippen LogP contribution in [-0.2, 0) is 14.3 Å². The zero-order chi connectivity index (χ0) is 20.6. The number of para-hydroxylation sites is 1. The van der Waals surface area contributed by atoms with E-state index in [1.807, 2.05) is 24.3 Å². The summed E-state index contributed by atoms with van der Waals surface area (Å²) < 4.78 is 12.3. The Hall–Kier alpha value is -2.29. The number of nitrogens with zero attached hydrogens (tertiary/aromatic N) is 1. The van der Waals surface area contributed by atoms with Crippen molar-refractivity contribution < 1.29 is 19.1 Å². The van der Waals surface area contributed by atoms with Gasteiger partial charge in [-0.3, -0.25) is 9.59 Å². The summed E-state index contributed by atoms with van der Waals surface area (Å²) in [6.45, 7) is -0.362. The van der Waals surface area contributed by atoms with Crippen LogP contribution in [0.2, 0.25) is 5.02 Å². The summed E-state index contributed by atoms with van der Waals surface area (Å²) in [5.41, 5.74) is 1.41. The van der Waals surface area contributed by atoms with Crippen molar-refractivity contribution >= 4 is 62.5 Å². The van der Waals surface area contributed by atoms with Gasteiger partial charge in [0, 0.05) is 17.2 Å². The molecular weight excluding hydrogens is 432 g/mol. The van der Waals surface area contributed by atoms with Crippen molar-refractivity contribution in [3.63, 3.8) is 0 Å². The van der Waals surface area contributed by atoms with Gasteiger partial charge in [-0.15, -0.1) is 11.3 Å². The molecule has 0 fully saturated rings. The lowest BCUT2D eigenvalue weighted by Crippen LogP contribution is -2.21. The highest BCUT2D eigenvalue weighted by Gasteiger charge is 2.11. The molecule has 0 spiro atoms. The molecule has 3 rings (SSSR count). The molecule has 0 aliphatic rings. The molecule has 0 radical (unpaired) electrons. The summed E-state index contributed by atoms with van der Waals surface area (Å²) in [6.07, 6.45) is 0.884. The minimum Gasteiger partial charge on any atom is -0.495 e. The number of halogens is 1. The number of fused-ring (bicyclic) bond motifs is 1. The number of benzene rings is 2. The first-order valence-corrected chi connectivity index (χ1v) is 11.0. The Morgan fingerprint density at radius 2 is 2.07 bits per heavy atom. The lowest BCUT2D eigenvalue weighted by atomic mass is 10.3. The molecule has 152 valence electrons. The number of nitrogens with one attached hydrogen (secondary N) is 1. The number of aromatic nitrogens is 1. The van der Waals surface area contributed by atoms with E-state index in [4.69, 9.17) is 21.1 Å². The van der Waals surface area contributed by atoms with Gasteiger partial charge in [0.2, 0.25) is 0 Å². The van der Waals surface area contributed by atoms with Crippen LogP contribution in [0.15, 0.2) is 46.8 Å². The van der Waals surface area contributed by atoms with Crippen LogP contribution in [0.25, 0.3) is 10.2 Å². The molecule has 0 bridgehead atoms. The van der Waals surface area contributed by atoms with Crippen molar-refractivity contribution in [3.8, 4) is 5.75 Å². The first kappa shape index (κ1) is 21.4. The van der Waals surface area contributed by atoms with E-state index in [0.29, 0.717) is 22.9 Å². The molecule has 1 amide bonds. The van der Waals surface area contributed by atoms with Crippen molar-refractivity contribution in [2.75, 3.05) is 24.8 Å². The highest BCUT2D eigenvalue weighted by Crippen LogP contribution is 2.30. The minimum absolute atomic E-state index is 0.242. The number of ether oxygens (including phenoxy) is 2.